The van der Waals surface area contributed by atoms with Crippen molar-refractivity contribution in [3.05, 3.63) is 35.4 Å². The first-order valence-corrected chi connectivity index (χ1v) is 6.86. The summed E-state index contributed by atoms with van der Waals surface area (Å²) in [6.45, 7) is 2.02. The molecular weight excluding hydrogens is 240 g/mol. The number of carbonyl (C=O) groups is 1. The Kier molecular flexibility index (Phi) is 4.65. The number of carbonyl (C=O) groups excluding carboxylic acids is 1. The highest BCUT2D eigenvalue weighted by Gasteiger charge is 2.08. The molecule has 0 bridgehead atoms. The normalized spacial score (nSPS) is 11.2. The van der Waals surface area contributed by atoms with E-state index in [9.17, 15) is 13.2 Å². The van der Waals surface area contributed by atoms with Crippen molar-refractivity contribution in [1.29, 1.82) is 0 Å². The van der Waals surface area contributed by atoms with Crippen LogP contribution in [0.1, 0.15) is 15.9 Å². The van der Waals surface area contributed by atoms with Crippen LogP contribution in [0.4, 0.5) is 0 Å². The van der Waals surface area contributed by atoms with E-state index in [0.29, 0.717) is 5.56 Å². The lowest BCUT2D eigenvalue weighted by molar-refractivity contribution is 0.0956. The van der Waals surface area contributed by atoms with Crippen molar-refractivity contribution in [2.24, 2.45) is 0 Å². The number of hydrogen-bond donors (Lipinski definition) is 2. The van der Waals surface area contributed by atoms with Gasteiger partial charge in [0, 0.05) is 12.1 Å². The van der Waals surface area contributed by atoms with Gasteiger partial charge in [0.1, 0.15) is 0 Å². The Balaban J connectivity index is 2.48. The molecule has 0 aliphatic carbocycles. The molecule has 6 heteroatoms. The fourth-order valence-electron chi connectivity index (χ4n) is 1.21. The van der Waals surface area contributed by atoms with Gasteiger partial charge in [-0.15, -0.1) is 0 Å². The van der Waals surface area contributed by atoms with Crippen LogP contribution in [-0.4, -0.2) is 33.7 Å². The molecule has 0 radical (unpaired) electrons. The summed E-state index contributed by atoms with van der Waals surface area (Å²) in [5.41, 5.74) is 1.59. The van der Waals surface area contributed by atoms with Gasteiger partial charge in [-0.3, -0.25) is 4.79 Å². The van der Waals surface area contributed by atoms with Crippen molar-refractivity contribution < 1.29 is 13.2 Å². The molecule has 5 nitrogen and oxygen atoms in total. The molecule has 1 rings (SSSR count). The van der Waals surface area contributed by atoms with Crippen molar-refractivity contribution in [3.63, 3.8) is 0 Å². The number of sulfonamides is 1. The Hall–Kier alpha value is -1.40. The second-order valence-electron chi connectivity index (χ2n) is 3.64. The van der Waals surface area contributed by atoms with Gasteiger partial charge in [-0.05, 0) is 26.1 Å². The summed E-state index contributed by atoms with van der Waals surface area (Å²) in [6, 6.07) is 7.08. The van der Waals surface area contributed by atoms with Gasteiger partial charge in [0.2, 0.25) is 10.0 Å². The molecule has 2 N–H and O–H groups in total. The molecule has 1 amide bonds. The van der Waals surface area contributed by atoms with Crippen LogP contribution in [-0.2, 0) is 10.0 Å². The van der Waals surface area contributed by atoms with E-state index in [2.05, 4.69) is 10.0 Å². The summed E-state index contributed by atoms with van der Waals surface area (Å²) in [5, 5.41) is 2.55. The highest BCUT2D eigenvalue weighted by atomic mass is 32.2. The molecule has 1 aromatic carbocycles. The smallest absolute Gasteiger partial charge is 0.251 e. The van der Waals surface area contributed by atoms with Gasteiger partial charge < -0.3 is 5.32 Å². The molecule has 0 heterocycles. The number of hydrogen-bond acceptors (Lipinski definition) is 3. The topological polar surface area (TPSA) is 75.3 Å². The summed E-state index contributed by atoms with van der Waals surface area (Å²) in [7, 11) is -1.92. The van der Waals surface area contributed by atoms with Gasteiger partial charge in [0.15, 0.2) is 0 Å². The predicted molar refractivity (Wildman–Crippen MR) is 66.4 cm³/mol. The van der Waals surface area contributed by atoms with Crippen LogP contribution in [0.3, 0.4) is 0 Å². The van der Waals surface area contributed by atoms with E-state index in [4.69, 9.17) is 0 Å². The molecule has 0 saturated carbocycles. The quantitative estimate of drug-likeness (QED) is 0.794. The zero-order valence-corrected chi connectivity index (χ0v) is 10.7. The maximum Gasteiger partial charge on any atom is 0.251 e. The lowest BCUT2D eigenvalue weighted by Crippen LogP contribution is -2.32. The molecule has 0 aliphatic rings. The minimum Gasteiger partial charge on any atom is -0.351 e. The third kappa shape index (κ3) is 4.54. The molecule has 1 aromatic rings. The maximum atomic E-state index is 11.6. The van der Waals surface area contributed by atoms with Crippen LogP contribution >= 0.6 is 0 Å². The summed E-state index contributed by atoms with van der Waals surface area (Å²) in [4.78, 5) is 11.6. The van der Waals surface area contributed by atoms with Crippen LogP contribution in [0.15, 0.2) is 24.3 Å². The third-order valence-electron chi connectivity index (χ3n) is 2.28. The van der Waals surface area contributed by atoms with Gasteiger partial charge in [-0.25, -0.2) is 13.1 Å². The molecule has 0 unspecified atom stereocenters. The molecule has 0 aromatic heterocycles. The van der Waals surface area contributed by atoms with Crippen molar-refractivity contribution in [2.75, 3.05) is 19.3 Å². The van der Waals surface area contributed by atoms with Crippen LogP contribution in [0.2, 0.25) is 0 Å². The first-order chi connectivity index (χ1) is 7.94. The van der Waals surface area contributed by atoms with Crippen LogP contribution < -0.4 is 10.0 Å². The molecule has 0 aliphatic heterocycles. The SMILES string of the molecule is CNS(=O)(=O)CCNC(=O)c1ccc(C)cc1. The molecule has 94 valence electrons. The average Bonchev–Trinajstić information content (AvgIpc) is 2.29. The summed E-state index contributed by atoms with van der Waals surface area (Å²) < 4.78 is 24.4. The number of amides is 1. The Morgan fingerprint density at radius 1 is 1.24 bits per heavy atom. The number of nitrogens with one attached hydrogen (secondary N) is 2. The van der Waals surface area contributed by atoms with Crippen molar-refractivity contribution in [1.82, 2.24) is 10.0 Å². The number of rotatable bonds is 5. The van der Waals surface area contributed by atoms with Gasteiger partial charge in [-0.2, -0.15) is 0 Å². The summed E-state index contributed by atoms with van der Waals surface area (Å²) in [6.07, 6.45) is 0. The molecule has 0 spiro atoms. The number of benzene rings is 1. The Labute approximate surface area is 101 Å². The first-order valence-electron chi connectivity index (χ1n) is 5.21. The molecular formula is C11H16N2O3S. The molecule has 17 heavy (non-hydrogen) atoms. The molecule has 0 fully saturated rings. The Morgan fingerprint density at radius 3 is 2.35 bits per heavy atom. The van der Waals surface area contributed by atoms with Crippen molar-refractivity contribution in [3.8, 4) is 0 Å². The van der Waals surface area contributed by atoms with Gasteiger partial charge in [0.05, 0.1) is 5.75 Å². The zero-order chi connectivity index (χ0) is 12.9. The van der Waals surface area contributed by atoms with E-state index in [-0.39, 0.29) is 18.2 Å². The minimum atomic E-state index is -3.27. The minimum absolute atomic E-state index is 0.0931. The second-order valence-corrected chi connectivity index (χ2v) is 5.69. The van der Waals surface area contributed by atoms with Crippen LogP contribution in [0.5, 0.6) is 0 Å². The largest absolute Gasteiger partial charge is 0.351 e. The van der Waals surface area contributed by atoms with E-state index in [1.165, 1.54) is 7.05 Å². The predicted octanol–water partition coefficient (Wildman–Crippen LogP) is 0.274. The van der Waals surface area contributed by atoms with E-state index in [1.54, 1.807) is 12.1 Å². The van der Waals surface area contributed by atoms with E-state index < -0.39 is 10.0 Å². The van der Waals surface area contributed by atoms with Crippen LogP contribution in [0.25, 0.3) is 0 Å². The molecule has 0 atom stereocenters. The van der Waals surface area contributed by atoms with Gasteiger partial charge in [0.25, 0.3) is 5.91 Å². The summed E-state index contributed by atoms with van der Waals surface area (Å²) in [5.74, 6) is -0.391. The highest BCUT2D eigenvalue weighted by Crippen LogP contribution is 2.02. The van der Waals surface area contributed by atoms with E-state index >= 15 is 0 Å². The zero-order valence-electron chi connectivity index (χ0n) is 9.86. The average molecular weight is 256 g/mol. The van der Waals surface area contributed by atoms with E-state index in [0.717, 1.165) is 5.56 Å². The first kappa shape index (κ1) is 13.7. The molecule has 0 saturated heterocycles. The fraction of sp³-hybridized carbons (Fsp3) is 0.364. The standard InChI is InChI=1S/C11H16N2O3S/c1-9-3-5-10(6-4-9)11(14)13-7-8-17(15,16)12-2/h3-6,12H,7-8H2,1-2H3,(H,13,14). The summed E-state index contributed by atoms with van der Waals surface area (Å²) >= 11 is 0. The Morgan fingerprint density at radius 2 is 1.82 bits per heavy atom. The van der Waals surface area contributed by atoms with Crippen molar-refractivity contribution in [2.45, 2.75) is 6.92 Å². The van der Waals surface area contributed by atoms with Gasteiger partial charge in [-0.1, -0.05) is 17.7 Å². The van der Waals surface area contributed by atoms with Gasteiger partial charge >= 0.3 is 0 Å². The number of aryl methyl sites for hydroxylation is 1. The third-order valence-corrected chi connectivity index (χ3v) is 3.64. The monoisotopic (exact) mass is 256 g/mol. The van der Waals surface area contributed by atoms with Crippen LogP contribution in [0, 0.1) is 6.92 Å². The highest BCUT2D eigenvalue weighted by molar-refractivity contribution is 7.89. The fourth-order valence-corrected chi connectivity index (χ4v) is 1.78. The van der Waals surface area contributed by atoms with E-state index in [1.807, 2.05) is 19.1 Å². The lowest BCUT2D eigenvalue weighted by atomic mass is 10.1. The maximum absolute atomic E-state index is 11.6. The Bertz CT molecular complexity index is 480. The van der Waals surface area contributed by atoms with Crippen molar-refractivity contribution >= 4 is 15.9 Å². The lowest BCUT2D eigenvalue weighted by Gasteiger charge is -2.05. The second kappa shape index (κ2) is 5.79.